The molecule has 3 nitrogen and oxygen atoms in total. The molecule has 4 aliphatic carbocycles. The fourth-order valence-electron chi connectivity index (χ4n) is 6.33. The molecule has 0 aliphatic heterocycles. The van der Waals surface area contributed by atoms with Gasteiger partial charge in [-0.25, -0.2) is 0 Å². The molecule has 0 saturated heterocycles. The van der Waals surface area contributed by atoms with Crippen molar-refractivity contribution in [1.29, 1.82) is 0 Å². The van der Waals surface area contributed by atoms with E-state index in [4.69, 9.17) is 0 Å². The second-order valence-electron chi connectivity index (χ2n) is 8.70. The highest BCUT2D eigenvalue weighted by Crippen LogP contribution is 2.55. The van der Waals surface area contributed by atoms with Gasteiger partial charge in [-0.15, -0.1) is 0 Å². The van der Waals surface area contributed by atoms with Gasteiger partial charge in [-0.2, -0.15) is 0 Å². The molecule has 1 aromatic carbocycles. The van der Waals surface area contributed by atoms with Crippen LogP contribution in [0.3, 0.4) is 0 Å². The molecule has 0 unspecified atom stereocenters. The number of H-pyrrole nitrogens is 1. The molecule has 0 spiro atoms. The fourth-order valence-corrected chi connectivity index (χ4v) is 6.33. The van der Waals surface area contributed by atoms with Gasteiger partial charge in [0.25, 0.3) is 0 Å². The average molecular weight is 322 g/mol. The smallest absolute Gasteiger partial charge is 0.224 e. The predicted octanol–water partition coefficient (Wildman–Crippen LogP) is 4.10. The second kappa shape index (κ2) is 5.11. The summed E-state index contributed by atoms with van der Waals surface area (Å²) in [5, 5.41) is 4.69. The summed E-state index contributed by atoms with van der Waals surface area (Å²) in [7, 11) is 0. The summed E-state index contributed by atoms with van der Waals surface area (Å²) in [6.45, 7) is 2.08. The van der Waals surface area contributed by atoms with Gasteiger partial charge in [0.2, 0.25) is 5.91 Å². The standard InChI is InChI=1S/C21H26N2O/c1-13-18(17-4-2-3-5-19(17)22-13)9-20(24)23-21-10-14-6-15(11-21)8-16(7-14)12-21/h2-5,14-16,22H,6-12H2,1H3,(H,23,24). The first-order chi connectivity index (χ1) is 11.6. The van der Waals surface area contributed by atoms with Crippen molar-refractivity contribution in [2.45, 2.75) is 57.4 Å². The Morgan fingerprint density at radius 2 is 1.75 bits per heavy atom. The van der Waals surface area contributed by atoms with Crippen molar-refractivity contribution in [2.24, 2.45) is 17.8 Å². The molecular weight excluding hydrogens is 296 g/mol. The lowest BCUT2D eigenvalue weighted by atomic mass is 9.53. The Labute approximate surface area is 143 Å². The maximum Gasteiger partial charge on any atom is 0.224 e. The third-order valence-electron chi connectivity index (χ3n) is 6.81. The number of carbonyl (C=O) groups is 1. The highest BCUT2D eigenvalue weighted by atomic mass is 16.1. The van der Waals surface area contributed by atoms with Crippen LogP contribution in [0.1, 0.15) is 49.8 Å². The second-order valence-corrected chi connectivity index (χ2v) is 8.70. The highest BCUT2D eigenvalue weighted by molar-refractivity contribution is 5.90. The third-order valence-corrected chi connectivity index (χ3v) is 6.81. The average Bonchev–Trinajstić information content (AvgIpc) is 2.81. The Bertz CT molecular complexity index is 768. The largest absolute Gasteiger partial charge is 0.358 e. The third kappa shape index (κ3) is 2.28. The predicted molar refractivity (Wildman–Crippen MR) is 95.8 cm³/mol. The van der Waals surface area contributed by atoms with Gasteiger partial charge in [0, 0.05) is 22.1 Å². The molecule has 4 fully saturated rings. The summed E-state index contributed by atoms with van der Waals surface area (Å²) in [4.78, 5) is 16.3. The molecule has 4 saturated carbocycles. The van der Waals surface area contributed by atoms with Gasteiger partial charge in [-0.05, 0) is 74.8 Å². The number of benzene rings is 1. The molecule has 2 aromatic rings. The zero-order valence-electron chi connectivity index (χ0n) is 14.4. The number of aromatic amines is 1. The van der Waals surface area contributed by atoms with Crippen LogP contribution in [-0.2, 0) is 11.2 Å². The van der Waals surface area contributed by atoms with Crippen molar-refractivity contribution >= 4 is 16.8 Å². The van der Waals surface area contributed by atoms with Crippen LogP contribution in [0.4, 0.5) is 0 Å². The van der Waals surface area contributed by atoms with E-state index in [0.717, 1.165) is 34.5 Å². The number of para-hydroxylation sites is 1. The van der Waals surface area contributed by atoms with Crippen LogP contribution in [0.25, 0.3) is 10.9 Å². The molecule has 3 heteroatoms. The Hall–Kier alpha value is -1.77. The van der Waals surface area contributed by atoms with Gasteiger partial charge < -0.3 is 10.3 Å². The molecule has 1 aromatic heterocycles. The van der Waals surface area contributed by atoms with Crippen LogP contribution < -0.4 is 5.32 Å². The highest BCUT2D eigenvalue weighted by Gasteiger charge is 2.51. The molecule has 4 bridgehead atoms. The number of rotatable bonds is 3. The maximum absolute atomic E-state index is 12.9. The van der Waals surface area contributed by atoms with E-state index >= 15 is 0 Å². The topological polar surface area (TPSA) is 44.9 Å². The minimum absolute atomic E-state index is 0.117. The summed E-state index contributed by atoms with van der Waals surface area (Å²) in [6, 6.07) is 8.29. The Balaban J connectivity index is 1.37. The fraction of sp³-hybridized carbons (Fsp3) is 0.571. The van der Waals surface area contributed by atoms with E-state index in [-0.39, 0.29) is 11.4 Å². The van der Waals surface area contributed by atoms with E-state index in [9.17, 15) is 4.79 Å². The minimum Gasteiger partial charge on any atom is -0.358 e. The van der Waals surface area contributed by atoms with Crippen molar-refractivity contribution in [3.8, 4) is 0 Å². The van der Waals surface area contributed by atoms with Gasteiger partial charge in [0.05, 0.1) is 6.42 Å². The van der Waals surface area contributed by atoms with E-state index < -0.39 is 0 Å². The van der Waals surface area contributed by atoms with E-state index in [1.165, 1.54) is 43.9 Å². The van der Waals surface area contributed by atoms with Crippen LogP contribution in [-0.4, -0.2) is 16.4 Å². The molecule has 2 N–H and O–H groups in total. The number of nitrogens with one attached hydrogen (secondary N) is 2. The number of aryl methyl sites for hydroxylation is 1. The van der Waals surface area contributed by atoms with Gasteiger partial charge in [0.1, 0.15) is 0 Å². The number of amides is 1. The number of aromatic nitrogens is 1. The molecule has 6 rings (SSSR count). The lowest BCUT2D eigenvalue weighted by molar-refractivity contribution is -0.126. The van der Waals surface area contributed by atoms with Crippen LogP contribution in [0.15, 0.2) is 24.3 Å². The maximum atomic E-state index is 12.9. The molecule has 24 heavy (non-hydrogen) atoms. The Morgan fingerprint density at radius 3 is 2.42 bits per heavy atom. The molecule has 4 aliphatic rings. The van der Waals surface area contributed by atoms with E-state index in [1.54, 1.807) is 0 Å². The Kier molecular flexibility index (Phi) is 3.10. The van der Waals surface area contributed by atoms with Gasteiger partial charge in [-0.3, -0.25) is 4.79 Å². The summed E-state index contributed by atoms with van der Waals surface area (Å²) >= 11 is 0. The lowest BCUT2D eigenvalue weighted by Crippen LogP contribution is -2.60. The number of carbonyl (C=O) groups excluding carboxylic acids is 1. The van der Waals surface area contributed by atoms with E-state index in [0.29, 0.717) is 6.42 Å². The van der Waals surface area contributed by atoms with Gasteiger partial charge in [-0.1, -0.05) is 18.2 Å². The molecule has 126 valence electrons. The van der Waals surface area contributed by atoms with Gasteiger partial charge >= 0.3 is 0 Å². The lowest BCUT2D eigenvalue weighted by Gasteiger charge is -2.56. The molecule has 1 amide bonds. The monoisotopic (exact) mass is 322 g/mol. The first-order valence-electron chi connectivity index (χ1n) is 9.47. The zero-order valence-corrected chi connectivity index (χ0v) is 14.4. The first-order valence-corrected chi connectivity index (χ1v) is 9.47. The number of hydrogen-bond donors (Lipinski definition) is 2. The molecule has 0 radical (unpaired) electrons. The van der Waals surface area contributed by atoms with Crippen LogP contribution in [0.2, 0.25) is 0 Å². The summed E-state index contributed by atoms with van der Waals surface area (Å²) in [5.74, 6) is 2.81. The van der Waals surface area contributed by atoms with Crippen molar-refractivity contribution in [2.75, 3.05) is 0 Å². The molecule has 1 heterocycles. The summed E-state index contributed by atoms with van der Waals surface area (Å²) in [6.07, 6.45) is 8.40. The quantitative estimate of drug-likeness (QED) is 0.878. The van der Waals surface area contributed by atoms with E-state index in [2.05, 4.69) is 35.4 Å². The minimum atomic E-state index is 0.117. The van der Waals surface area contributed by atoms with Crippen LogP contribution >= 0.6 is 0 Å². The van der Waals surface area contributed by atoms with Crippen molar-refractivity contribution in [3.05, 3.63) is 35.5 Å². The van der Waals surface area contributed by atoms with Crippen molar-refractivity contribution < 1.29 is 4.79 Å². The van der Waals surface area contributed by atoms with Crippen molar-refractivity contribution in [3.63, 3.8) is 0 Å². The number of hydrogen-bond acceptors (Lipinski definition) is 1. The van der Waals surface area contributed by atoms with Crippen LogP contribution in [0, 0.1) is 24.7 Å². The normalized spacial score (nSPS) is 34.0. The summed E-state index contributed by atoms with van der Waals surface area (Å²) < 4.78 is 0. The number of fused-ring (bicyclic) bond motifs is 1. The van der Waals surface area contributed by atoms with Crippen LogP contribution in [0.5, 0.6) is 0 Å². The Morgan fingerprint density at radius 1 is 1.12 bits per heavy atom. The SMILES string of the molecule is Cc1[nH]c2ccccc2c1CC(=O)NC12CC3CC(CC(C3)C1)C2. The molecule has 0 atom stereocenters. The van der Waals surface area contributed by atoms with Gasteiger partial charge in [0.15, 0.2) is 0 Å². The summed E-state index contributed by atoms with van der Waals surface area (Å²) in [5.41, 5.74) is 3.53. The van der Waals surface area contributed by atoms with Crippen molar-refractivity contribution in [1.82, 2.24) is 10.3 Å². The first kappa shape index (κ1) is 14.6. The molecular formula is C21H26N2O. The zero-order chi connectivity index (χ0) is 16.3. The van der Waals surface area contributed by atoms with E-state index in [1.807, 2.05) is 6.07 Å².